The van der Waals surface area contributed by atoms with E-state index in [0.29, 0.717) is 0 Å². The molecule has 0 aliphatic rings. The van der Waals surface area contributed by atoms with Crippen LogP contribution in [-0.4, -0.2) is 36.4 Å². The Morgan fingerprint density at radius 3 is 2.42 bits per heavy atom. The SMILES string of the molecule is CNCC(O)C(=O)OC(C)(C)C. The third kappa shape index (κ3) is 5.09. The van der Waals surface area contributed by atoms with E-state index in [-0.39, 0.29) is 6.54 Å². The molecule has 0 aromatic rings. The van der Waals surface area contributed by atoms with Gasteiger partial charge < -0.3 is 15.2 Å². The second kappa shape index (κ2) is 4.42. The van der Waals surface area contributed by atoms with Gasteiger partial charge >= 0.3 is 5.97 Å². The van der Waals surface area contributed by atoms with Crippen LogP contribution in [0.1, 0.15) is 20.8 Å². The summed E-state index contributed by atoms with van der Waals surface area (Å²) in [5, 5.41) is 11.8. The van der Waals surface area contributed by atoms with E-state index in [1.54, 1.807) is 27.8 Å². The Hall–Kier alpha value is -0.610. The van der Waals surface area contributed by atoms with Crippen LogP contribution in [0.2, 0.25) is 0 Å². The van der Waals surface area contributed by atoms with Crippen LogP contribution in [0, 0.1) is 0 Å². The van der Waals surface area contributed by atoms with Gasteiger partial charge in [-0.2, -0.15) is 0 Å². The van der Waals surface area contributed by atoms with Crippen molar-refractivity contribution in [3.8, 4) is 0 Å². The summed E-state index contributed by atoms with van der Waals surface area (Å²) in [4.78, 5) is 11.0. The molecule has 1 unspecified atom stereocenters. The maximum Gasteiger partial charge on any atom is 0.336 e. The van der Waals surface area contributed by atoms with E-state index in [0.717, 1.165) is 0 Å². The van der Waals surface area contributed by atoms with Gasteiger partial charge in [0.2, 0.25) is 0 Å². The highest BCUT2D eigenvalue weighted by Gasteiger charge is 2.22. The molecule has 0 aromatic heterocycles. The number of ether oxygens (including phenoxy) is 1. The van der Waals surface area contributed by atoms with E-state index in [4.69, 9.17) is 9.84 Å². The Bertz CT molecular complexity index is 151. The Kier molecular flexibility index (Phi) is 4.20. The first-order valence-corrected chi connectivity index (χ1v) is 3.92. The molecule has 0 aliphatic heterocycles. The number of carbonyl (C=O) groups excluding carboxylic acids is 1. The molecule has 0 heterocycles. The molecule has 0 saturated carbocycles. The quantitative estimate of drug-likeness (QED) is 0.588. The van der Waals surface area contributed by atoms with Crippen molar-refractivity contribution < 1.29 is 14.6 Å². The molecule has 0 radical (unpaired) electrons. The predicted molar refractivity (Wildman–Crippen MR) is 45.8 cm³/mol. The van der Waals surface area contributed by atoms with Crippen LogP contribution in [-0.2, 0) is 9.53 Å². The summed E-state index contributed by atoms with van der Waals surface area (Å²) in [7, 11) is 1.66. The molecule has 2 N–H and O–H groups in total. The zero-order valence-electron chi connectivity index (χ0n) is 8.05. The minimum atomic E-state index is -1.07. The Balaban J connectivity index is 3.87. The summed E-state index contributed by atoms with van der Waals surface area (Å²) in [6.07, 6.45) is -1.07. The Labute approximate surface area is 72.9 Å². The molecule has 0 spiro atoms. The van der Waals surface area contributed by atoms with Crippen LogP contribution in [0.5, 0.6) is 0 Å². The van der Waals surface area contributed by atoms with Gasteiger partial charge in [0, 0.05) is 6.54 Å². The summed E-state index contributed by atoms with van der Waals surface area (Å²) >= 11 is 0. The van der Waals surface area contributed by atoms with Crippen molar-refractivity contribution in [3.05, 3.63) is 0 Å². The molecular weight excluding hydrogens is 158 g/mol. The predicted octanol–water partition coefficient (Wildman–Crippen LogP) is -0.0916. The average Bonchev–Trinajstić information content (AvgIpc) is 1.84. The van der Waals surface area contributed by atoms with E-state index in [9.17, 15) is 4.79 Å². The van der Waals surface area contributed by atoms with E-state index in [2.05, 4.69) is 5.32 Å². The highest BCUT2D eigenvalue weighted by Crippen LogP contribution is 2.07. The van der Waals surface area contributed by atoms with Crippen LogP contribution in [0.3, 0.4) is 0 Å². The second-order valence-electron chi connectivity index (χ2n) is 3.61. The number of hydrogen-bond donors (Lipinski definition) is 2. The summed E-state index contributed by atoms with van der Waals surface area (Å²) in [5.41, 5.74) is -0.536. The average molecular weight is 175 g/mol. The number of esters is 1. The molecule has 72 valence electrons. The molecule has 0 amide bonds. The highest BCUT2D eigenvalue weighted by atomic mass is 16.6. The van der Waals surface area contributed by atoms with Crippen LogP contribution >= 0.6 is 0 Å². The second-order valence-corrected chi connectivity index (χ2v) is 3.61. The summed E-state index contributed by atoms with van der Waals surface area (Å²) in [5.74, 6) is -0.586. The lowest BCUT2D eigenvalue weighted by Crippen LogP contribution is -2.37. The molecule has 1 atom stereocenters. The van der Waals surface area contributed by atoms with Crippen molar-refractivity contribution in [1.82, 2.24) is 5.32 Å². The maximum absolute atomic E-state index is 11.0. The number of aliphatic hydroxyl groups excluding tert-OH is 1. The van der Waals surface area contributed by atoms with E-state index >= 15 is 0 Å². The van der Waals surface area contributed by atoms with Gasteiger partial charge in [0.05, 0.1) is 0 Å². The first-order chi connectivity index (χ1) is 5.37. The topological polar surface area (TPSA) is 58.6 Å². The standard InChI is InChI=1S/C8H17NO3/c1-8(2,3)12-7(11)6(10)5-9-4/h6,9-10H,5H2,1-4H3. The van der Waals surface area contributed by atoms with Gasteiger partial charge in [-0.1, -0.05) is 0 Å². The largest absolute Gasteiger partial charge is 0.458 e. The Morgan fingerprint density at radius 2 is 2.08 bits per heavy atom. The number of hydrogen-bond acceptors (Lipinski definition) is 4. The van der Waals surface area contributed by atoms with Crippen molar-refractivity contribution in [3.63, 3.8) is 0 Å². The maximum atomic E-state index is 11.0. The number of nitrogens with one attached hydrogen (secondary N) is 1. The number of rotatable bonds is 3. The third-order valence-corrected chi connectivity index (χ3v) is 1.08. The molecule has 0 aromatic carbocycles. The highest BCUT2D eigenvalue weighted by molar-refractivity contribution is 5.75. The van der Waals surface area contributed by atoms with Crippen molar-refractivity contribution in [2.24, 2.45) is 0 Å². The monoisotopic (exact) mass is 175 g/mol. The Morgan fingerprint density at radius 1 is 1.58 bits per heavy atom. The lowest BCUT2D eigenvalue weighted by atomic mass is 10.2. The van der Waals surface area contributed by atoms with Crippen LogP contribution in [0.15, 0.2) is 0 Å². The van der Waals surface area contributed by atoms with Gasteiger partial charge in [-0.25, -0.2) is 4.79 Å². The first kappa shape index (κ1) is 11.4. The van der Waals surface area contributed by atoms with Crippen molar-refractivity contribution in [2.45, 2.75) is 32.5 Å². The van der Waals surface area contributed by atoms with Crippen molar-refractivity contribution in [1.29, 1.82) is 0 Å². The van der Waals surface area contributed by atoms with Gasteiger partial charge in [-0.05, 0) is 27.8 Å². The summed E-state index contributed by atoms with van der Waals surface area (Å²) in [6.45, 7) is 5.50. The van der Waals surface area contributed by atoms with Crippen LogP contribution in [0.4, 0.5) is 0 Å². The van der Waals surface area contributed by atoms with E-state index in [1.165, 1.54) is 0 Å². The smallest absolute Gasteiger partial charge is 0.336 e. The van der Waals surface area contributed by atoms with Crippen LogP contribution < -0.4 is 5.32 Å². The zero-order chi connectivity index (χ0) is 9.78. The van der Waals surface area contributed by atoms with Crippen molar-refractivity contribution in [2.75, 3.05) is 13.6 Å². The summed E-state index contributed by atoms with van der Waals surface area (Å²) < 4.78 is 4.92. The lowest BCUT2D eigenvalue weighted by molar-refractivity contribution is -0.164. The molecular formula is C8H17NO3. The van der Waals surface area contributed by atoms with E-state index in [1.807, 2.05) is 0 Å². The van der Waals surface area contributed by atoms with Gasteiger partial charge in [-0.3, -0.25) is 0 Å². The molecule has 4 nitrogen and oxygen atoms in total. The molecule has 0 bridgehead atoms. The van der Waals surface area contributed by atoms with Gasteiger partial charge in [0.15, 0.2) is 6.10 Å². The van der Waals surface area contributed by atoms with Gasteiger partial charge in [0.25, 0.3) is 0 Å². The lowest BCUT2D eigenvalue weighted by Gasteiger charge is -2.21. The molecule has 0 aliphatic carbocycles. The minimum absolute atomic E-state index is 0.217. The normalized spacial score (nSPS) is 14.1. The van der Waals surface area contributed by atoms with Crippen LogP contribution in [0.25, 0.3) is 0 Å². The van der Waals surface area contributed by atoms with Crippen molar-refractivity contribution >= 4 is 5.97 Å². The number of aliphatic hydroxyl groups is 1. The summed E-state index contributed by atoms with van der Waals surface area (Å²) in [6, 6.07) is 0. The van der Waals surface area contributed by atoms with E-state index < -0.39 is 17.7 Å². The molecule has 0 fully saturated rings. The molecule has 0 rings (SSSR count). The molecule has 4 heteroatoms. The fourth-order valence-electron chi connectivity index (χ4n) is 0.646. The fourth-order valence-corrected chi connectivity index (χ4v) is 0.646. The van der Waals surface area contributed by atoms with Gasteiger partial charge in [0.1, 0.15) is 5.60 Å². The number of carbonyl (C=O) groups is 1. The first-order valence-electron chi connectivity index (χ1n) is 3.92. The fraction of sp³-hybridized carbons (Fsp3) is 0.875. The van der Waals surface area contributed by atoms with Gasteiger partial charge in [-0.15, -0.1) is 0 Å². The molecule has 12 heavy (non-hydrogen) atoms. The number of likely N-dealkylation sites (N-methyl/N-ethyl adjacent to an activating group) is 1. The molecule has 0 saturated heterocycles. The minimum Gasteiger partial charge on any atom is -0.458 e. The zero-order valence-corrected chi connectivity index (χ0v) is 8.05. The third-order valence-electron chi connectivity index (χ3n) is 1.08.